The molecule has 86 valence electrons. The van der Waals surface area contributed by atoms with E-state index >= 15 is 0 Å². The topological polar surface area (TPSA) is 47.6 Å². The van der Waals surface area contributed by atoms with Crippen LogP contribution in [0.25, 0.3) is 0 Å². The van der Waals surface area contributed by atoms with Gasteiger partial charge in [0.2, 0.25) is 0 Å². The van der Waals surface area contributed by atoms with Gasteiger partial charge in [-0.2, -0.15) is 10.5 Å². The molecule has 2 heteroatoms. The maximum atomic E-state index is 9.57. The molecule has 3 aliphatic carbocycles. The van der Waals surface area contributed by atoms with Crippen molar-refractivity contribution in [3.8, 4) is 12.1 Å². The molecule has 3 aliphatic rings. The van der Waals surface area contributed by atoms with Gasteiger partial charge in [-0.3, -0.25) is 0 Å². The first-order valence-corrected chi connectivity index (χ1v) is 6.29. The Bertz CT molecular complexity index is 331. The van der Waals surface area contributed by atoms with Gasteiger partial charge in [-0.05, 0) is 36.5 Å². The predicted molar refractivity (Wildman–Crippen MR) is 62.0 cm³/mol. The number of hydrogen-bond donors (Lipinski definition) is 0. The van der Waals surface area contributed by atoms with E-state index in [1.54, 1.807) is 0 Å². The van der Waals surface area contributed by atoms with Gasteiger partial charge in [0.15, 0.2) is 0 Å². The SMILES string of the molecule is CC1C(C)C2(C#N)CCC1(C#N)C(C)C2C. The molecule has 3 rings (SSSR count). The zero-order valence-electron chi connectivity index (χ0n) is 10.6. The Kier molecular flexibility index (Phi) is 2.32. The van der Waals surface area contributed by atoms with Crippen LogP contribution < -0.4 is 0 Å². The third-order valence-electron chi connectivity index (χ3n) is 6.12. The van der Waals surface area contributed by atoms with E-state index in [9.17, 15) is 10.5 Å². The minimum atomic E-state index is -0.183. The molecule has 0 aromatic rings. The van der Waals surface area contributed by atoms with E-state index in [1.807, 2.05) is 0 Å². The van der Waals surface area contributed by atoms with E-state index in [-0.39, 0.29) is 10.8 Å². The molecule has 0 heterocycles. The molecule has 3 fully saturated rings. The van der Waals surface area contributed by atoms with Crippen LogP contribution in [-0.4, -0.2) is 0 Å². The number of rotatable bonds is 0. The summed E-state index contributed by atoms with van der Waals surface area (Å²) in [7, 11) is 0. The van der Waals surface area contributed by atoms with E-state index in [4.69, 9.17) is 0 Å². The number of nitrogens with zero attached hydrogens (tertiary/aromatic N) is 2. The number of nitriles is 2. The molecule has 4 unspecified atom stereocenters. The highest BCUT2D eigenvalue weighted by Crippen LogP contribution is 2.66. The summed E-state index contributed by atoms with van der Waals surface area (Å²) >= 11 is 0. The third kappa shape index (κ3) is 0.963. The van der Waals surface area contributed by atoms with E-state index in [0.29, 0.717) is 23.7 Å². The van der Waals surface area contributed by atoms with Crippen LogP contribution in [0.5, 0.6) is 0 Å². The summed E-state index contributed by atoms with van der Waals surface area (Å²) in [4.78, 5) is 0. The fourth-order valence-electron chi connectivity index (χ4n) is 4.46. The van der Waals surface area contributed by atoms with Crippen molar-refractivity contribution >= 4 is 0 Å². The van der Waals surface area contributed by atoms with Crippen molar-refractivity contribution in [3.05, 3.63) is 0 Å². The molecule has 16 heavy (non-hydrogen) atoms. The van der Waals surface area contributed by atoms with Crippen molar-refractivity contribution in [2.75, 3.05) is 0 Å². The number of fused-ring (bicyclic) bond motifs is 3. The Morgan fingerprint density at radius 1 is 0.750 bits per heavy atom. The molecular weight excluding hydrogens is 196 g/mol. The van der Waals surface area contributed by atoms with Crippen LogP contribution in [0.2, 0.25) is 0 Å². The molecule has 3 saturated carbocycles. The second-order valence-corrected chi connectivity index (χ2v) is 5.96. The first-order valence-electron chi connectivity index (χ1n) is 6.29. The molecule has 0 amide bonds. The lowest BCUT2D eigenvalue weighted by Crippen LogP contribution is -2.60. The zero-order valence-corrected chi connectivity index (χ0v) is 10.6. The van der Waals surface area contributed by atoms with Gasteiger partial charge in [-0.25, -0.2) is 0 Å². The van der Waals surface area contributed by atoms with Crippen molar-refractivity contribution in [1.82, 2.24) is 0 Å². The van der Waals surface area contributed by atoms with Crippen LogP contribution >= 0.6 is 0 Å². The third-order valence-corrected chi connectivity index (χ3v) is 6.12. The zero-order chi connectivity index (χ0) is 12.1. The van der Waals surface area contributed by atoms with Crippen molar-refractivity contribution < 1.29 is 0 Å². The van der Waals surface area contributed by atoms with Crippen LogP contribution in [0.15, 0.2) is 0 Å². The summed E-state index contributed by atoms with van der Waals surface area (Å²) in [5.41, 5.74) is -0.366. The van der Waals surface area contributed by atoms with Gasteiger partial charge < -0.3 is 0 Å². The standard InChI is InChI=1S/C14H20N2/c1-9-10(2)14(8-16)6-5-13(9,7-15)11(3)12(14)4/h9-12H,5-6H2,1-4H3. The second-order valence-electron chi connectivity index (χ2n) is 5.96. The predicted octanol–water partition coefficient (Wildman–Crippen LogP) is 3.36. The Labute approximate surface area is 98.3 Å². The molecule has 0 spiro atoms. The summed E-state index contributed by atoms with van der Waals surface area (Å²) in [6.07, 6.45) is 1.82. The first kappa shape index (κ1) is 11.5. The lowest BCUT2D eigenvalue weighted by Gasteiger charge is -2.62. The molecule has 0 saturated heterocycles. The molecule has 0 aliphatic heterocycles. The highest BCUT2D eigenvalue weighted by atomic mass is 14.7. The van der Waals surface area contributed by atoms with Gasteiger partial charge in [-0.15, -0.1) is 0 Å². The van der Waals surface area contributed by atoms with Crippen LogP contribution in [0.3, 0.4) is 0 Å². The summed E-state index contributed by atoms with van der Waals surface area (Å²) in [6, 6.07) is 5.19. The molecule has 0 radical (unpaired) electrons. The molecular formula is C14H20N2. The largest absolute Gasteiger partial charge is 0.198 e. The van der Waals surface area contributed by atoms with E-state index < -0.39 is 0 Å². The summed E-state index contributed by atoms with van der Waals surface area (Å²) in [6.45, 7) is 8.67. The smallest absolute Gasteiger partial charge is 0.0695 e. The summed E-state index contributed by atoms with van der Waals surface area (Å²) < 4.78 is 0. The lowest BCUT2D eigenvalue weighted by atomic mass is 9.39. The van der Waals surface area contributed by atoms with E-state index in [0.717, 1.165) is 12.8 Å². The summed E-state index contributed by atoms with van der Waals surface area (Å²) in [5.74, 6) is 1.38. The van der Waals surface area contributed by atoms with Gasteiger partial charge in [0, 0.05) is 0 Å². The maximum absolute atomic E-state index is 9.57. The first-order chi connectivity index (χ1) is 7.46. The fraction of sp³-hybridized carbons (Fsp3) is 0.857. The van der Waals surface area contributed by atoms with Crippen LogP contribution in [0, 0.1) is 57.2 Å². The van der Waals surface area contributed by atoms with Crippen molar-refractivity contribution in [2.45, 2.75) is 40.5 Å². The quantitative estimate of drug-likeness (QED) is 0.623. The maximum Gasteiger partial charge on any atom is 0.0695 e. The van der Waals surface area contributed by atoms with Gasteiger partial charge >= 0.3 is 0 Å². The van der Waals surface area contributed by atoms with Gasteiger partial charge in [0.05, 0.1) is 23.0 Å². The molecule has 0 aromatic carbocycles. The molecule has 0 aromatic heterocycles. The number of hydrogen-bond acceptors (Lipinski definition) is 2. The Morgan fingerprint density at radius 3 is 1.19 bits per heavy atom. The molecule has 2 nitrogen and oxygen atoms in total. The second kappa shape index (κ2) is 3.24. The van der Waals surface area contributed by atoms with Crippen molar-refractivity contribution in [3.63, 3.8) is 0 Å². The average molecular weight is 216 g/mol. The Hall–Kier alpha value is -1.02. The summed E-state index contributed by atoms with van der Waals surface area (Å²) in [5, 5.41) is 19.1. The van der Waals surface area contributed by atoms with Crippen LogP contribution in [0.1, 0.15) is 40.5 Å². The molecule has 2 bridgehead atoms. The highest BCUT2D eigenvalue weighted by Gasteiger charge is 2.64. The minimum absolute atomic E-state index is 0.183. The Balaban J connectivity index is 2.56. The van der Waals surface area contributed by atoms with E-state index in [1.165, 1.54) is 0 Å². The van der Waals surface area contributed by atoms with Crippen molar-refractivity contribution in [1.29, 1.82) is 10.5 Å². The average Bonchev–Trinajstić information content (AvgIpc) is 2.31. The van der Waals surface area contributed by atoms with Crippen LogP contribution in [0.4, 0.5) is 0 Å². The lowest BCUT2D eigenvalue weighted by molar-refractivity contribution is -0.128. The Morgan fingerprint density at radius 2 is 1.00 bits per heavy atom. The minimum Gasteiger partial charge on any atom is -0.198 e. The fourth-order valence-corrected chi connectivity index (χ4v) is 4.46. The highest BCUT2D eigenvalue weighted by molar-refractivity contribution is 5.23. The molecule has 4 atom stereocenters. The van der Waals surface area contributed by atoms with Gasteiger partial charge in [-0.1, -0.05) is 27.7 Å². The van der Waals surface area contributed by atoms with Gasteiger partial charge in [0.25, 0.3) is 0 Å². The monoisotopic (exact) mass is 216 g/mol. The van der Waals surface area contributed by atoms with Gasteiger partial charge in [0.1, 0.15) is 0 Å². The van der Waals surface area contributed by atoms with E-state index in [2.05, 4.69) is 39.8 Å². The normalized spacial score (nSPS) is 55.4. The molecule has 0 N–H and O–H groups in total. The van der Waals surface area contributed by atoms with Crippen LogP contribution in [-0.2, 0) is 0 Å². The van der Waals surface area contributed by atoms with Crippen molar-refractivity contribution in [2.24, 2.45) is 34.5 Å².